The molecule has 0 amide bonds. The highest BCUT2D eigenvalue weighted by molar-refractivity contribution is 9.10. The smallest absolute Gasteiger partial charge is 0.331 e. The van der Waals surface area contributed by atoms with Crippen molar-refractivity contribution in [1.82, 2.24) is 9.13 Å². The molecule has 0 bridgehead atoms. The summed E-state index contributed by atoms with van der Waals surface area (Å²) >= 11 is 3.03. The Morgan fingerprint density at radius 1 is 1.67 bits per heavy atom. The molecular weight excluding hydrogens is 308 g/mol. The topological polar surface area (TPSA) is 93.8 Å². The Hall–Kier alpha value is -1.41. The molecule has 2 heterocycles. The quantitative estimate of drug-likeness (QED) is 0.777. The number of carboxylic acids is 1. The molecule has 1 fully saturated rings. The van der Waals surface area contributed by atoms with Crippen LogP contribution < -0.4 is 11.2 Å². The van der Waals surface area contributed by atoms with Crippen LogP contribution in [0.2, 0.25) is 0 Å². The van der Waals surface area contributed by atoms with Gasteiger partial charge in [0, 0.05) is 6.20 Å². The summed E-state index contributed by atoms with van der Waals surface area (Å²) in [5.74, 6) is -1.15. The van der Waals surface area contributed by atoms with E-state index in [9.17, 15) is 14.4 Å². The van der Waals surface area contributed by atoms with Crippen LogP contribution in [0.25, 0.3) is 0 Å². The fourth-order valence-electron chi connectivity index (χ4n) is 1.71. The number of ether oxygens (including phenoxy) is 1. The van der Waals surface area contributed by atoms with E-state index in [1.807, 2.05) is 0 Å². The monoisotopic (exact) mass is 318 g/mol. The Kier molecular flexibility index (Phi) is 3.40. The number of epoxide rings is 1. The first-order valence-corrected chi connectivity index (χ1v) is 6.06. The van der Waals surface area contributed by atoms with Crippen molar-refractivity contribution in [3.05, 3.63) is 31.5 Å². The van der Waals surface area contributed by atoms with Crippen molar-refractivity contribution in [2.24, 2.45) is 0 Å². The fraction of sp³-hybridized carbons (Fsp3) is 0.500. The number of nitrogens with zero attached hydrogens (tertiary/aromatic N) is 2. The highest BCUT2D eigenvalue weighted by Crippen LogP contribution is 2.22. The molecule has 0 aromatic carbocycles. The molecule has 0 aliphatic carbocycles. The predicted octanol–water partition coefficient (Wildman–Crippen LogP) is -0.183. The van der Waals surface area contributed by atoms with Crippen molar-refractivity contribution < 1.29 is 14.6 Å². The summed E-state index contributed by atoms with van der Waals surface area (Å²) in [7, 11) is 0. The summed E-state index contributed by atoms with van der Waals surface area (Å²) in [4.78, 5) is 34.6. The van der Waals surface area contributed by atoms with E-state index in [4.69, 9.17) is 9.84 Å². The summed E-state index contributed by atoms with van der Waals surface area (Å²) in [6.45, 7) is 1.70. The van der Waals surface area contributed by atoms with Crippen LogP contribution in [0.1, 0.15) is 13.0 Å². The number of hydrogen-bond acceptors (Lipinski definition) is 4. The zero-order chi connectivity index (χ0) is 13.4. The minimum absolute atomic E-state index is 0.149. The molecule has 1 aromatic rings. The first-order chi connectivity index (χ1) is 8.41. The zero-order valence-corrected chi connectivity index (χ0v) is 11.1. The Balaban J connectivity index is 2.56. The van der Waals surface area contributed by atoms with Crippen LogP contribution in [-0.2, 0) is 16.1 Å². The average Bonchev–Trinajstić information content (AvgIpc) is 3.09. The second-order valence-electron chi connectivity index (χ2n) is 4.07. The number of aromatic nitrogens is 2. The lowest BCUT2D eigenvalue weighted by Crippen LogP contribution is -2.43. The van der Waals surface area contributed by atoms with Gasteiger partial charge in [-0.2, -0.15) is 0 Å². The van der Waals surface area contributed by atoms with E-state index in [1.165, 1.54) is 6.20 Å². The number of carboxylic acid groups (broad SMARTS) is 1. The minimum Gasteiger partial charge on any atom is -0.480 e. The highest BCUT2D eigenvalue weighted by atomic mass is 79.9. The zero-order valence-electron chi connectivity index (χ0n) is 9.50. The van der Waals surface area contributed by atoms with Gasteiger partial charge in [0.15, 0.2) is 0 Å². The van der Waals surface area contributed by atoms with Crippen molar-refractivity contribution in [1.29, 1.82) is 0 Å². The molecule has 0 saturated carbocycles. The number of aliphatic carboxylic acids is 1. The minimum atomic E-state index is -1.15. The van der Waals surface area contributed by atoms with E-state index >= 15 is 0 Å². The molecule has 2 rings (SSSR count). The lowest BCUT2D eigenvalue weighted by molar-refractivity contribution is -0.137. The molecule has 1 aromatic heterocycles. The van der Waals surface area contributed by atoms with Crippen molar-refractivity contribution >= 4 is 21.9 Å². The van der Waals surface area contributed by atoms with Gasteiger partial charge in [-0.05, 0) is 22.9 Å². The summed E-state index contributed by atoms with van der Waals surface area (Å²) in [6.07, 6.45) is 1.03. The molecule has 1 saturated heterocycles. The number of halogens is 1. The second-order valence-corrected chi connectivity index (χ2v) is 4.92. The van der Waals surface area contributed by atoms with Gasteiger partial charge < -0.3 is 9.84 Å². The maximum absolute atomic E-state index is 12.0. The number of hydrogen-bond donors (Lipinski definition) is 1. The molecule has 2 atom stereocenters. The summed E-state index contributed by atoms with van der Waals surface area (Å²) < 4.78 is 7.20. The van der Waals surface area contributed by atoms with Crippen molar-refractivity contribution in [2.75, 3.05) is 6.61 Å². The van der Waals surface area contributed by atoms with Gasteiger partial charge in [0.2, 0.25) is 0 Å². The molecule has 1 aliphatic rings. The van der Waals surface area contributed by atoms with Gasteiger partial charge in [-0.15, -0.1) is 0 Å². The summed E-state index contributed by atoms with van der Waals surface area (Å²) in [5.41, 5.74) is -1.13. The van der Waals surface area contributed by atoms with Crippen LogP contribution in [0.5, 0.6) is 0 Å². The van der Waals surface area contributed by atoms with Gasteiger partial charge in [-0.1, -0.05) is 0 Å². The van der Waals surface area contributed by atoms with Crippen LogP contribution in [0.3, 0.4) is 0 Å². The maximum atomic E-state index is 12.0. The predicted molar refractivity (Wildman–Crippen MR) is 64.7 cm³/mol. The normalized spacial score (nSPS) is 19.6. The lowest BCUT2D eigenvalue weighted by Gasteiger charge is -2.14. The standard InChI is InChI=1S/C10H11BrN2O5/c1-5(7-4-18-7)13-9(16)6(11)2-12(10(13)17)3-8(14)15/h2,5,7H,3-4H2,1H3,(H,14,15)/t5-,7?/m0/s1. The third-order valence-electron chi connectivity index (χ3n) is 2.75. The van der Waals surface area contributed by atoms with Gasteiger partial charge in [0.05, 0.1) is 17.1 Å². The van der Waals surface area contributed by atoms with E-state index in [0.29, 0.717) is 6.61 Å². The third kappa shape index (κ3) is 2.39. The van der Waals surface area contributed by atoms with Crippen molar-refractivity contribution in [3.8, 4) is 0 Å². The Morgan fingerprint density at radius 3 is 2.78 bits per heavy atom. The molecule has 7 nitrogen and oxygen atoms in total. The maximum Gasteiger partial charge on any atom is 0.331 e. The van der Waals surface area contributed by atoms with Gasteiger partial charge in [-0.25, -0.2) is 4.79 Å². The molecule has 0 radical (unpaired) electrons. The van der Waals surface area contributed by atoms with Gasteiger partial charge >= 0.3 is 11.7 Å². The molecule has 0 spiro atoms. The molecule has 18 heavy (non-hydrogen) atoms. The van der Waals surface area contributed by atoms with Gasteiger partial charge in [0.1, 0.15) is 12.6 Å². The van der Waals surface area contributed by atoms with E-state index < -0.39 is 29.8 Å². The number of carbonyl (C=O) groups is 1. The second kappa shape index (κ2) is 4.69. The first kappa shape index (κ1) is 13.0. The summed E-state index contributed by atoms with van der Waals surface area (Å²) in [6, 6.07) is -0.414. The summed E-state index contributed by atoms with van der Waals surface area (Å²) in [5, 5.41) is 8.72. The van der Waals surface area contributed by atoms with Crippen molar-refractivity contribution in [2.45, 2.75) is 25.6 Å². The third-order valence-corrected chi connectivity index (χ3v) is 3.30. The van der Waals surface area contributed by atoms with Gasteiger partial charge in [-0.3, -0.25) is 18.7 Å². The molecule has 1 unspecified atom stereocenters. The lowest BCUT2D eigenvalue weighted by atomic mass is 10.2. The Morgan fingerprint density at radius 2 is 2.28 bits per heavy atom. The molecule has 1 N–H and O–H groups in total. The Labute approximate surface area is 110 Å². The van der Waals surface area contributed by atoms with Crippen LogP contribution >= 0.6 is 15.9 Å². The van der Waals surface area contributed by atoms with Gasteiger partial charge in [0.25, 0.3) is 5.56 Å². The molecule has 8 heteroatoms. The van der Waals surface area contributed by atoms with Crippen LogP contribution in [-0.4, -0.2) is 32.9 Å². The van der Waals surface area contributed by atoms with Crippen LogP contribution in [0, 0.1) is 0 Å². The largest absolute Gasteiger partial charge is 0.480 e. The van der Waals surface area contributed by atoms with E-state index in [1.54, 1.807) is 6.92 Å². The molecule has 98 valence electrons. The average molecular weight is 319 g/mol. The molecular formula is C10H11BrN2O5. The van der Waals surface area contributed by atoms with E-state index in [2.05, 4.69) is 15.9 Å². The van der Waals surface area contributed by atoms with Crippen molar-refractivity contribution in [3.63, 3.8) is 0 Å². The SMILES string of the molecule is C[C@@H](C1CO1)n1c(=O)c(Br)cn(CC(=O)O)c1=O. The van der Waals surface area contributed by atoms with E-state index in [-0.39, 0.29) is 10.6 Å². The van der Waals surface area contributed by atoms with Crippen LogP contribution in [0.4, 0.5) is 0 Å². The first-order valence-electron chi connectivity index (χ1n) is 5.26. The van der Waals surface area contributed by atoms with Crippen LogP contribution in [0.15, 0.2) is 20.3 Å². The number of rotatable bonds is 4. The fourth-order valence-corrected chi connectivity index (χ4v) is 2.14. The molecule has 1 aliphatic heterocycles. The van der Waals surface area contributed by atoms with E-state index in [0.717, 1.165) is 9.13 Å². The highest BCUT2D eigenvalue weighted by Gasteiger charge is 2.33. The Bertz CT molecular complexity index is 601.